The molecule has 0 saturated heterocycles. The zero-order chi connectivity index (χ0) is 13.1. The summed E-state index contributed by atoms with van der Waals surface area (Å²) in [5, 5.41) is 8.63. The Morgan fingerprint density at radius 2 is 1.59 bits per heavy atom. The average molecular weight is 349 g/mol. The van der Waals surface area contributed by atoms with Crippen molar-refractivity contribution in [2.24, 2.45) is 0 Å². The molecular weight excluding hydrogens is 334 g/mol. The Balaban J connectivity index is 0.000000247. The first-order chi connectivity index (χ1) is 8.11. The van der Waals surface area contributed by atoms with Gasteiger partial charge in [-0.3, -0.25) is 0 Å². The molecule has 4 heteroatoms. The molecule has 0 atom stereocenters. The molecule has 0 aromatic heterocycles. The van der Waals surface area contributed by atoms with Crippen LogP contribution < -0.4 is 0 Å². The number of phenols is 1. The molecule has 2 aromatic carbocycles. The summed E-state index contributed by atoms with van der Waals surface area (Å²) < 4.78 is 0. The standard InChI is InChI=1S/C7H9.C6H6O.2ClH.Zr/c1-6-4-3-5-7(6)2;7-6-4-2-1-3-5-6;;;/h3-5H,1-2H3;1-5,7H;2*1H;/q-1;;;;+2/p-2. The minimum absolute atomic E-state index is 0.322. The summed E-state index contributed by atoms with van der Waals surface area (Å²) in [6.45, 7) is 4.24. The number of benzene rings is 1. The van der Waals surface area contributed by atoms with Crippen molar-refractivity contribution in [2.75, 3.05) is 0 Å². The molecule has 0 unspecified atom stereocenters. The summed E-state index contributed by atoms with van der Waals surface area (Å²) in [6.07, 6.45) is 0. The number of hydrogen-bond donors (Lipinski definition) is 1. The molecule has 0 spiro atoms. The molecule has 17 heavy (non-hydrogen) atoms. The van der Waals surface area contributed by atoms with Crippen molar-refractivity contribution in [1.82, 2.24) is 0 Å². The number of phenolic OH excluding ortho intramolecular Hbond substituents is 1. The van der Waals surface area contributed by atoms with Gasteiger partial charge in [-0.05, 0) is 12.1 Å². The van der Waals surface area contributed by atoms with Crippen LogP contribution in [0.5, 0.6) is 5.75 Å². The molecule has 1 nitrogen and oxygen atoms in total. The fraction of sp³-hybridized carbons (Fsp3) is 0.154. The predicted molar refractivity (Wildman–Crippen MR) is 71.3 cm³/mol. The third-order valence-corrected chi connectivity index (χ3v) is 2.07. The Bertz CT molecular complexity index is 371. The molecule has 0 bridgehead atoms. The van der Waals surface area contributed by atoms with Gasteiger partial charge in [0, 0.05) is 0 Å². The number of aromatic hydroxyl groups is 1. The van der Waals surface area contributed by atoms with Gasteiger partial charge >= 0.3 is 37.9 Å². The van der Waals surface area contributed by atoms with Crippen LogP contribution in [-0.4, -0.2) is 5.11 Å². The van der Waals surface area contributed by atoms with E-state index >= 15 is 0 Å². The van der Waals surface area contributed by atoms with Gasteiger partial charge in [-0.1, -0.05) is 32.0 Å². The van der Waals surface area contributed by atoms with Crippen molar-refractivity contribution in [1.29, 1.82) is 0 Å². The van der Waals surface area contributed by atoms with E-state index in [1.54, 1.807) is 24.3 Å². The van der Waals surface area contributed by atoms with Crippen LogP contribution in [0.1, 0.15) is 11.1 Å². The summed E-state index contributed by atoms with van der Waals surface area (Å²) in [5.74, 6) is 0.322. The van der Waals surface area contributed by atoms with E-state index in [2.05, 4.69) is 32.0 Å². The van der Waals surface area contributed by atoms with Crippen LogP contribution in [0.25, 0.3) is 0 Å². The second-order valence-electron chi connectivity index (χ2n) is 3.30. The summed E-state index contributed by atoms with van der Waals surface area (Å²) in [6, 6.07) is 15.0. The van der Waals surface area contributed by atoms with Crippen molar-refractivity contribution in [3.8, 4) is 5.75 Å². The molecule has 0 aliphatic carbocycles. The minimum atomic E-state index is -0.826. The van der Waals surface area contributed by atoms with Gasteiger partial charge < -0.3 is 5.11 Å². The quantitative estimate of drug-likeness (QED) is 0.678. The van der Waals surface area contributed by atoms with E-state index in [-0.39, 0.29) is 0 Å². The van der Waals surface area contributed by atoms with E-state index in [0.717, 1.165) is 0 Å². The predicted octanol–water partition coefficient (Wildman–Crippen LogP) is 4.79. The molecule has 92 valence electrons. The molecule has 2 rings (SSSR count). The van der Waals surface area contributed by atoms with Gasteiger partial charge in [0.05, 0.1) is 0 Å². The van der Waals surface area contributed by atoms with E-state index in [1.807, 2.05) is 6.07 Å². The van der Waals surface area contributed by atoms with Crippen LogP contribution in [0.2, 0.25) is 0 Å². The number of hydrogen-bond acceptors (Lipinski definition) is 1. The molecule has 0 aliphatic heterocycles. The Labute approximate surface area is 121 Å². The molecular formula is C13H15Cl2OZr-. The first kappa shape index (κ1) is 16.8. The van der Waals surface area contributed by atoms with Crippen molar-refractivity contribution < 1.29 is 26.0 Å². The van der Waals surface area contributed by atoms with Crippen molar-refractivity contribution in [3.05, 3.63) is 59.7 Å². The van der Waals surface area contributed by atoms with Crippen LogP contribution in [0.4, 0.5) is 0 Å². The topological polar surface area (TPSA) is 20.2 Å². The Morgan fingerprint density at radius 3 is 1.76 bits per heavy atom. The first-order valence-electron chi connectivity index (χ1n) is 5.01. The second kappa shape index (κ2) is 11.0. The van der Waals surface area contributed by atoms with Gasteiger partial charge in [-0.2, -0.15) is 23.3 Å². The molecule has 2 aromatic rings. The molecule has 0 amide bonds. The zero-order valence-corrected chi connectivity index (χ0v) is 13.8. The summed E-state index contributed by atoms with van der Waals surface area (Å²) in [4.78, 5) is 0. The number of halogens is 2. The van der Waals surface area contributed by atoms with E-state index < -0.39 is 20.8 Å². The zero-order valence-electron chi connectivity index (χ0n) is 9.82. The van der Waals surface area contributed by atoms with Gasteiger partial charge in [0.25, 0.3) is 0 Å². The molecule has 0 heterocycles. The maximum absolute atomic E-state index is 8.63. The van der Waals surface area contributed by atoms with Crippen LogP contribution in [0.3, 0.4) is 0 Å². The molecule has 0 aliphatic rings. The summed E-state index contributed by atoms with van der Waals surface area (Å²) >= 11 is -0.826. The Kier molecular flexibility index (Phi) is 10.8. The number of aryl methyl sites for hydroxylation is 2. The number of rotatable bonds is 0. The number of para-hydroxylation sites is 1. The fourth-order valence-electron chi connectivity index (χ4n) is 1.03. The molecule has 1 N–H and O–H groups in total. The molecule has 0 saturated carbocycles. The normalized spacial score (nSPS) is 8.24. The Morgan fingerprint density at radius 1 is 1.06 bits per heavy atom. The van der Waals surface area contributed by atoms with Crippen LogP contribution in [0.15, 0.2) is 48.5 Å². The van der Waals surface area contributed by atoms with Crippen LogP contribution in [-0.2, 0) is 20.8 Å². The van der Waals surface area contributed by atoms with Gasteiger partial charge in [0.2, 0.25) is 0 Å². The monoisotopic (exact) mass is 347 g/mol. The van der Waals surface area contributed by atoms with Crippen LogP contribution in [0, 0.1) is 13.8 Å². The van der Waals surface area contributed by atoms with Gasteiger partial charge in [0.15, 0.2) is 0 Å². The fourth-order valence-corrected chi connectivity index (χ4v) is 1.03. The van der Waals surface area contributed by atoms with E-state index in [0.29, 0.717) is 5.75 Å². The third kappa shape index (κ3) is 9.53. The van der Waals surface area contributed by atoms with Crippen LogP contribution >= 0.6 is 17.0 Å². The van der Waals surface area contributed by atoms with Gasteiger partial charge in [-0.15, -0.1) is 0 Å². The third-order valence-electron chi connectivity index (χ3n) is 2.07. The Hall–Kier alpha value is -0.167. The van der Waals surface area contributed by atoms with Crippen molar-refractivity contribution in [2.45, 2.75) is 13.8 Å². The van der Waals surface area contributed by atoms with E-state index in [1.165, 1.54) is 11.1 Å². The maximum atomic E-state index is 8.63. The van der Waals surface area contributed by atoms with Gasteiger partial charge in [0.1, 0.15) is 5.75 Å². The summed E-state index contributed by atoms with van der Waals surface area (Å²) in [5.41, 5.74) is 2.78. The second-order valence-corrected chi connectivity index (χ2v) is 7.03. The van der Waals surface area contributed by atoms with E-state index in [9.17, 15) is 0 Å². The molecule has 0 fully saturated rings. The molecule has 0 radical (unpaired) electrons. The first-order valence-corrected chi connectivity index (χ1v) is 11.3. The average Bonchev–Trinajstić information content (AvgIpc) is 2.66. The van der Waals surface area contributed by atoms with Gasteiger partial charge in [-0.25, -0.2) is 6.07 Å². The summed E-state index contributed by atoms with van der Waals surface area (Å²) in [7, 11) is 9.87. The van der Waals surface area contributed by atoms with Crippen molar-refractivity contribution >= 4 is 17.0 Å². The van der Waals surface area contributed by atoms with Crippen molar-refractivity contribution in [3.63, 3.8) is 0 Å². The SMILES string of the molecule is Cc1cc[cH-]c1C.Oc1ccccc1.[Cl][Zr][Cl]. The van der Waals surface area contributed by atoms with E-state index in [4.69, 9.17) is 22.1 Å².